The van der Waals surface area contributed by atoms with Crippen molar-refractivity contribution in [2.24, 2.45) is 0 Å². The van der Waals surface area contributed by atoms with E-state index in [0.717, 1.165) is 18.8 Å². The highest BCUT2D eigenvalue weighted by Gasteiger charge is 2.10. The third-order valence-corrected chi connectivity index (χ3v) is 3.28. The average molecular weight is 224 g/mol. The van der Waals surface area contributed by atoms with Gasteiger partial charge in [0.15, 0.2) is 0 Å². The van der Waals surface area contributed by atoms with Gasteiger partial charge in [-0.2, -0.15) is 17.0 Å². The molecule has 0 unspecified atom stereocenters. The first-order chi connectivity index (χ1) is 7.29. The molecule has 4 heteroatoms. The van der Waals surface area contributed by atoms with Crippen LogP contribution in [0, 0.1) is 18.3 Å². The van der Waals surface area contributed by atoms with Crippen LogP contribution in [-0.4, -0.2) is 16.1 Å². The second-order valence-corrected chi connectivity index (χ2v) is 4.73. The van der Waals surface area contributed by atoms with Crippen molar-refractivity contribution in [1.29, 1.82) is 5.26 Å². The monoisotopic (exact) mass is 224 g/mol. The van der Waals surface area contributed by atoms with E-state index in [2.05, 4.69) is 41.4 Å². The Hall–Kier alpha value is -0.950. The molecule has 0 bridgehead atoms. The molecule has 0 aliphatic heterocycles. The molecule has 0 spiro atoms. The molecule has 1 heterocycles. The molecule has 15 heavy (non-hydrogen) atoms. The Morgan fingerprint density at radius 1 is 1.60 bits per heavy atom. The summed E-state index contributed by atoms with van der Waals surface area (Å²) in [5.41, 5.74) is 0. The molecule has 0 atom stereocenters. The number of nitriles is 1. The Kier molecular flexibility index (Phi) is 5.27. The lowest BCUT2D eigenvalue weighted by molar-refractivity contribution is -0.701. The second kappa shape index (κ2) is 6.52. The summed E-state index contributed by atoms with van der Waals surface area (Å²) in [4.78, 5) is 0. The van der Waals surface area contributed by atoms with Crippen LogP contribution in [0.25, 0.3) is 0 Å². The summed E-state index contributed by atoms with van der Waals surface area (Å²) >= 11 is 1.96. The van der Waals surface area contributed by atoms with E-state index in [1.165, 1.54) is 11.6 Å². The number of rotatable bonds is 6. The largest absolute Gasteiger partial charge is 0.253 e. The van der Waals surface area contributed by atoms with Crippen LogP contribution >= 0.6 is 11.8 Å². The minimum absolute atomic E-state index is 0.583. The maximum atomic E-state index is 8.53. The number of aryl methyl sites for hydroxylation is 2. The van der Waals surface area contributed by atoms with Crippen LogP contribution in [0.2, 0.25) is 0 Å². The van der Waals surface area contributed by atoms with Crippen molar-refractivity contribution in [3.8, 4) is 6.07 Å². The Labute approximate surface area is 95.7 Å². The summed E-state index contributed by atoms with van der Waals surface area (Å²) in [6.45, 7) is 6.15. The van der Waals surface area contributed by atoms with Crippen LogP contribution in [0.4, 0.5) is 0 Å². The summed E-state index contributed by atoms with van der Waals surface area (Å²) in [7, 11) is 0. The van der Waals surface area contributed by atoms with Gasteiger partial charge < -0.3 is 0 Å². The van der Waals surface area contributed by atoms with Gasteiger partial charge in [-0.15, -0.1) is 0 Å². The molecular formula is C11H18N3S+. The van der Waals surface area contributed by atoms with E-state index in [1.54, 1.807) is 0 Å². The molecule has 0 saturated heterocycles. The first-order valence-corrected chi connectivity index (χ1v) is 6.45. The highest BCUT2D eigenvalue weighted by atomic mass is 32.2. The minimum Gasteiger partial charge on any atom is -0.234 e. The molecule has 82 valence electrons. The maximum Gasteiger partial charge on any atom is 0.253 e. The average Bonchev–Trinajstić information content (AvgIpc) is 2.58. The fraction of sp³-hybridized carbons (Fsp3) is 0.636. The van der Waals surface area contributed by atoms with E-state index in [4.69, 9.17) is 5.26 Å². The van der Waals surface area contributed by atoms with E-state index in [9.17, 15) is 0 Å². The van der Waals surface area contributed by atoms with E-state index in [0.29, 0.717) is 6.42 Å². The molecule has 0 N–H and O–H groups in total. The van der Waals surface area contributed by atoms with Gasteiger partial charge in [-0.3, -0.25) is 0 Å². The SMILES string of the molecule is CCSCCn1cc[n+](CCC#N)c1C. The lowest BCUT2D eigenvalue weighted by Crippen LogP contribution is -2.35. The molecule has 3 nitrogen and oxygen atoms in total. The van der Waals surface area contributed by atoms with Crippen LogP contribution in [0.3, 0.4) is 0 Å². The standard InChI is InChI=1S/C11H18N3S/c1-3-15-10-9-14-8-7-13(11(14)2)6-4-5-12/h7-8H,3-4,6,9-10H2,1-2H3/q+1. The van der Waals surface area contributed by atoms with Gasteiger partial charge in [0.05, 0.1) is 19.0 Å². The van der Waals surface area contributed by atoms with Crippen molar-refractivity contribution in [2.75, 3.05) is 11.5 Å². The van der Waals surface area contributed by atoms with E-state index in [1.807, 2.05) is 11.8 Å². The Morgan fingerprint density at radius 3 is 3.07 bits per heavy atom. The van der Waals surface area contributed by atoms with Crippen molar-refractivity contribution in [3.63, 3.8) is 0 Å². The normalized spacial score (nSPS) is 10.2. The number of aromatic nitrogens is 2. The molecule has 0 aliphatic carbocycles. The van der Waals surface area contributed by atoms with Gasteiger partial charge in [0.25, 0.3) is 5.82 Å². The zero-order valence-electron chi connectivity index (χ0n) is 9.44. The molecule has 0 saturated carbocycles. The third kappa shape index (κ3) is 3.60. The quantitative estimate of drug-likeness (QED) is 0.545. The fourth-order valence-corrected chi connectivity index (χ4v) is 2.11. The Balaban J connectivity index is 2.51. The van der Waals surface area contributed by atoms with E-state index in [-0.39, 0.29) is 0 Å². The van der Waals surface area contributed by atoms with Crippen molar-refractivity contribution < 1.29 is 4.57 Å². The summed E-state index contributed by atoms with van der Waals surface area (Å²) in [5.74, 6) is 3.57. The lowest BCUT2D eigenvalue weighted by atomic mass is 10.4. The predicted octanol–water partition coefficient (Wildman–Crippen LogP) is 1.75. The van der Waals surface area contributed by atoms with Crippen molar-refractivity contribution in [1.82, 2.24) is 4.57 Å². The van der Waals surface area contributed by atoms with Crippen LogP contribution in [0.5, 0.6) is 0 Å². The summed E-state index contributed by atoms with van der Waals surface area (Å²) in [5, 5.41) is 8.53. The molecule has 0 fully saturated rings. The highest BCUT2D eigenvalue weighted by Crippen LogP contribution is 2.02. The van der Waals surface area contributed by atoms with Crippen molar-refractivity contribution in [2.45, 2.75) is 33.4 Å². The maximum absolute atomic E-state index is 8.53. The molecule has 0 amide bonds. The van der Waals surface area contributed by atoms with Crippen molar-refractivity contribution >= 4 is 11.8 Å². The Bertz CT molecular complexity index is 338. The van der Waals surface area contributed by atoms with Gasteiger partial charge >= 0.3 is 0 Å². The zero-order chi connectivity index (χ0) is 11.1. The molecule has 0 radical (unpaired) electrons. The van der Waals surface area contributed by atoms with Gasteiger partial charge in [0, 0.05) is 12.7 Å². The summed E-state index contributed by atoms with van der Waals surface area (Å²) in [6.07, 6.45) is 4.74. The predicted molar refractivity (Wildman–Crippen MR) is 62.6 cm³/mol. The van der Waals surface area contributed by atoms with Crippen LogP contribution in [-0.2, 0) is 13.1 Å². The number of thioether (sulfide) groups is 1. The zero-order valence-corrected chi connectivity index (χ0v) is 10.3. The van der Waals surface area contributed by atoms with Gasteiger partial charge in [-0.1, -0.05) is 6.92 Å². The first-order valence-electron chi connectivity index (χ1n) is 5.29. The first kappa shape index (κ1) is 12.1. The van der Waals surface area contributed by atoms with Crippen LogP contribution in [0.15, 0.2) is 12.4 Å². The number of imidazole rings is 1. The molecule has 0 aliphatic rings. The minimum atomic E-state index is 0.583. The summed E-state index contributed by atoms with van der Waals surface area (Å²) in [6, 6.07) is 2.17. The fourth-order valence-electron chi connectivity index (χ4n) is 1.49. The van der Waals surface area contributed by atoms with Crippen molar-refractivity contribution in [3.05, 3.63) is 18.2 Å². The highest BCUT2D eigenvalue weighted by molar-refractivity contribution is 7.99. The molecular weight excluding hydrogens is 206 g/mol. The van der Waals surface area contributed by atoms with Gasteiger partial charge in [-0.25, -0.2) is 9.13 Å². The van der Waals surface area contributed by atoms with Gasteiger partial charge in [0.2, 0.25) is 0 Å². The van der Waals surface area contributed by atoms with Crippen LogP contribution < -0.4 is 4.57 Å². The molecule has 1 aromatic heterocycles. The topological polar surface area (TPSA) is 32.6 Å². The lowest BCUT2D eigenvalue weighted by Gasteiger charge is -1.99. The molecule has 1 rings (SSSR count). The summed E-state index contributed by atoms with van der Waals surface area (Å²) < 4.78 is 4.39. The number of nitrogens with zero attached hydrogens (tertiary/aromatic N) is 3. The molecule has 1 aromatic rings. The van der Waals surface area contributed by atoms with E-state index >= 15 is 0 Å². The van der Waals surface area contributed by atoms with E-state index < -0.39 is 0 Å². The van der Waals surface area contributed by atoms with Crippen LogP contribution in [0.1, 0.15) is 19.2 Å². The second-order valence-electron chi connectivity index (χ2n) is 3.34. The third-order valence-electron chi connectivity index (χ3n) is 2.40. The van der Waals surface area contributed by atoms with Gasteiger partial charge in [0.1, 0.15) is 18.9 Å². The van der Waals surface area contributed by atoms with Gasteiger partial charge in [-0.05, 0) is 5.75 Å². The smallest absolute Gasteiger partial charge is 0.234 e. The number of hydrogen-bond acceptors (Lipinski definition) is 2. The molecule has 0 aromatic carbocycles. The Morgan fingerprint density at radius 2 is 2.40 bits per heavy atom. The number of hydrogen-bond donors (Lipinski definition) is 0.